The van der Waals surface area contributed by atoms with Gasteiger partial charge in [0.1, 0.15) is 11.6 Å². The van der Waals surface area contributed by atoms with Crippen LogP contribution in [0.4, 0.5) is 10.1 Å². The number of halogens is 4. The fourth-order valence-electron chi connectivity index (χ4n) is 1.27. The minimum absolute atomic E-state index is 0.0943. The number of rotatable bonds is 3. The van der Waals surface area contributed by atoms with Gasteiger partial charge in [-0.25, -0.2) is 4.39 Å². The minimum atomic E-state index is -0.430. The standard InChI is InChI=1S/C11H7Br2ClFNO/c12-8-4-7(17-11(8)13)5-16-6-1-2-10(15)9(14)3-6/h1-4,16H,5H2. The molecular weight excluding hydrogens is 376 g/mol. The molecule has 1 aromatic heterocycles. The number of hydrogen-bond acceptors (Lipinski definition) is 2. The molecule has 17 heavy (non-hydrogen) atoms. The van der Waals surface area contributed by atoms with Gasteiger partial charge in [-0.3, -0.25) is 0 Å². The highest BCUT2D eigenvalue weighted by molar-refractivity contribution is 9.13. The van der Waals surface area contributed by atoms with Crippen molar-refractivity contribution in [1.29, 1.82) is 0 Å². The van der Waals surface area contributed by atoms with Gasteiger partial charge in [0.2, 0.25) is 0 Å². The van der Waals surface area contributed by atoms with E-state index in [0.29, 0.717) is 11.2 Å². The molecule has 0 unspecified atom stereocenters. The highest BCUT2D eigenvalue weighted by Crippen LogP contribution is 2.27. The summed E-state index contributed by atoms with van der Waals surface area (Å²) in [4.78, 5) is 0. The highest BCUT2D eigenvalue weighted by atomic mass is 79.9. The Kier molecular flexibility index (Phi) is 4.12. The first-order valence-electron chi connectivity index (χ1n) is 4.69. The first-order chi connectivity index (χ1) is 8.06. The molecule has 0 saturated carbocycles. The van der Waals surface area contributed by atoms with Gasteiger partial charge in [-0.05, 0) is 56.1 Å². The van der Waals surface area contributed by atoms with Gasteiger partial charge >= 0.3 is 0 Å². The molecule has 6 heteroatoms. The lowest BCUT2D eigenvalue weighted by Crippen LogP contribution is -1.98. The Labute approximate surface area is 119 Å². The number of anilines is 1. The van der Waals surface area contributed by atoms with Crippen molar-refractivity contribution in [3.8, 4) is 0 Å². The summed E-state index contributed by atoms with van der Waals surface area (Å²) in [5.41, 5.74) is 0.736. The summed E-state index contributed by atoms with van der Waals surface area (Å²) in [5, 5.41) is 3.18. The van der Waals surface area contributed by atoms with E-state index in [-0.39, 0.29) is 5.02 Å². The molecule has 2 nitrogen and oxygen atoms in total. The Morgan fingerprint density at radius 1 is 1.29 bits per heavy atom. The van der Waals surface area contributed by atoms with Crippen molar-refractivity contribution >= 4 is 49.1 Å². The fraction of sp³-hybridized carbons (Fsp3) is 0.0909. The zero-order valence-electron chi connectivity index (χ0n) is 8.44. The van der Waals surface area contributed by atoms with Crippen LogP contribution in [-0.4, -0.2) is 0 Å². The molecule has 0 atom stereocenters. The molecule has 0 fully saturated rings. The predicted octanol–water partition coefficient (Wildman–Crippen LogP) is 5.21. The first kappa shape index (κ1) is 12.9. The van der Waals surface area contributed by atoms with E-state index < -0.39 is 5.82 Å². The van der Waals surface area contributed by atoms with Gasteiger partial charge in [-0.15, -0.1) is 0 Å². The maximum absolute atomic E-state index is 12.9. The van der Waals surface area contributed by atoms with Gasteiger partial charge in [0.05, 0.1) is 16.0 Å². The quantitative estimate of drug-likeness (QED) is 0.787. The molecule has 0 bridgehead atoms. The molecule has 0 radical (unpaired) electrons. The lowest BCUT2D eigenvalue weighted by atomic mass is 10.3. The van der Waals surface area contributed by atoms with Gasteiger partial charge in [0.15, 0.2) is 4.67 Å². The smallest absolute Gasteiger partial charge is 0.183 e. The van der Waals surface area contributed by atoms with Crippen molar-refractivity contribution < 1.29 is 8.81 Å². The molecule has 0 aliphatic carbocycles. The summed E-state index contributed by atoms with van der Waals surface area (Å²) in [6.07, 6.45) is 0. The normalized spacial score (nSPS) is 10.6. The van der Waals surface area contributed by atoms with Gasteiger partial charge in [0, 0.05) is 5.69 Å². The molecule has 0 spiro atoms. The van der Waals surface area contributed by atoms with Gasteiger partial charge < -0.3 is 9.73 Å². The van der Waals surface area contributed by atoms with E-state index in [9.17, 15) is 4.39 Å². The van der Waals surface area contributed by atoms with Crippen LogP contribution in [0.3, 0.4) is 0 Å². The van der Waals surface area contributed by atoms with Crippen LogP contribution in [0.5, 0.6) is 0 Å². The molecule has 0 aliphatic heterocycles. The lowest BCUT2D eigenvalue weighted by Gasteiger charge is -2.04. The first-order valence-corrected chi connectivity index (χ1v) is 6.65. The lowest BCUT2D eigenvalue weighted by molar-refractivity contribution is 0.494. The molecule has 2 rings (SSSR count). The van der Waals surface area contributed by atoms with Crippen LogP contribution in [0, 0.1) is 5.82 Å². The average molecular weight is 383 g/mol. The van der Waals surface area contributed by atoms with E-state index in [1.807, 2.05) is 6.07 Å². The van der Waals surface area contributed by atoms with Gasteiger partial charge in [0.25, 0.3) is 0 Å². The van der Waals surface area contributed by atoms with Crippen LogP contribution in [0.2, 0.25) is 5.02 Å². The SMILES string of the molecule is Fc1ccc(NCc2cc(Br)c(Br)o2)cc1Cl. The molecule has 0 saturated heterocycles. The minimum Gasteiger partial charge on any atom is -0.451 e. The van der Waals surface area contributed by atoms with Crippen LogP contribution in [-0.2, 0) is 6.54 Å². The van der Waals surface area contributed by atoms with Crippen LogP contribution in [0.15, 0.2) is 37.8 Å². The van der Waals surface area contributed by atoms with Crippen molar-refractivity contribution in [3.63, 3.8) is 0 Å². The number of nitrogens with one attached hydrogen (secondary N) is 1. The third-order valence-corrected chi connectivity index (χ3v) is 4.08. The number of benzene rings is 1. The Morgan fingerprint density at radius 3 is 2.65 bits per heavy atom. The highest BCUT2D eigenvalue weighted by Gasteiger charge is 2.06. The maximum atomic E-state index is 12.9. The summed E-state index contributed by atoms with van der Waals surface area (Å²) in [5.74, 6) is 0.324. The second kappa shape index (κ2) is 5.42. The average Bonchev–Trinajstić information content (AvgIpc) is 2.60. The van der Waals surface area contributed by atoms with Crippen LogP contribution in [0.25, 0.3) is 0 Å². The molecule has 1 heterocycles. The third-order valence-electron chi connectivity index (χ3n) is 2.08. The zero-order valence-corrected chi connectivity index (χ0v) is 12.4. The van der Waals surface area contributed by atoms with Crippen LogP contribution in [0.1, 0.15) is 5.76 Å². The zero-order chi connectivity index (χ0) is 12.4. The predicted molar refractivity (Wildman–Crippen MR) is 72.8 cm³/mol. The molecule has 1 aromatic carbocycles. The molecule has 1 N–H and O–H groups in total. The van der Waals surface area contributed by atoms with E-state index in [1.165, 1.54) is 12.1 Å². The molecule has 0 aliphatic rings. The summed E-state index contributed by atoms with van der Waals surface area (Å²) in [6, 6.07) is 6.32. The summed E-state index contributed by atoms with van der Waals surface area (Å²) in [7, 11) is 0. The van der Waals surface area contributed by atoms with E-state index in [0.717, 1.165) is 15.9 Å². The number of hydrogen-bond donors (Lipinski definition) is 1. The third kappa shape index (κ3) is 3.24. The molecule has 0 amide bonds. The summed E-state index contributed by atoms with van der Waals surface area (Å²) < 4.78 is 19.8. The van der Waals surface area contributed by atoms with E-state index >= 15 is 0 Å². The summed E-state index contributed by atoms with van der Waals surface area (Å²) in [6.45, 7) is 0.492. The van der Waals surface area contributed by atoms with Gasteiger partial charge in [-0.2, -0.15) is 0 Å². The molecule has 2 aromatic rings. The Bertz CT molecular complexity index is 525. The van der Waals surface area contributed by atoms with Crippen molar-refractivity contribution in [2.75, 3.05) is 5.32 Å². The topological polar surface area (TPSA) is 25.2 Å². The van der Waals surface area contributed by atoms with E-state index in [1.54, 1.807) is 6.07 Å². The van der Waals surface area contributed by atoms with E-state index in [4.69, 9.17) is 16.0 Å². The number of furan rings is 1. The Morgan fingerprint density at radius 2 is 2.06 bits per heavy atom. The van der Waals surface area contributed by atoms with Crippen LogP contribution < -0.4 is 5.32 Å². The monoisotopic (exact) mass is 381 g/mol. The second-order valence-corrected chi connectivity index (χ2v) is 5.30. The van der Waals surface area contributed by atoms with E-state index in [2.05, 4.69) is 37.2 Å². The largest absolute Gasteiger partial charge is 0.451 e. The van der Waals surface area contributed by atoms with Crippen LogP contribution >= 0.6 is 43.5 Å². The van der Waals surface area contributed by atoms with Crippen molar-refractivity contribution in [3.05, 3.63) is 50.0 Å². The fourth-order valence-corrected chi connectivity index (χ4v) is 2.11. The second-order valence-electron chi connectivity index (χ2n) is 3.32. The van der Waals surface area contributed by atoms with Crippen molar-refractivity contribution in [2.24, 2.45) is 0 Å². The van der Waals surface area contributed by atoms with Gasteiger partial charge in [-0.1, -0.05) is 11.6 Å². The Hall–Kier alpha value is -0.520. The molecule has 90 valence electrons. The van der Waals surface area contributed by atoms with Crippen molar-refractivity contribution in [2.45, 2.75) is 6.54 Å². The van der Waals surface area contributed by atoms with Crippen molar-refractivity contribution in [1.82, 2.24) is 0 Å². The summed E-state index contributed by atoms with van der Waals surface area (Å²) >= 11 is 12.2. The Balaban J connectivity index is 2.04. The maximum Gasteiger partial charge on any atom is 0.183 e. The molecular formula is C11H7Br2ClFNO.